The second-order valence-corrected chi connectivity index (χ2v) is 13.7. The van der Waals surface area contributed by atoms with Crippen LogP contribution in [0.2, 0.25) is 0 Å². The van der Waals surface area contributed by atoms with Crippen molar-refractivity contribution < 1.29 is 33.3 Å². The second-order valence-electron chi connectivity index (χ2n) is 13.7. The van der Waals surface area contributed by atoms with E-state index < -0.39 is 48.9 Å². The van der Waals surface area contributed by atoms with Gasteiger partial charge in [0.2, 0.25) is 5.91 Å². The number of ketones is 1. The van der Waals surface area contributed by atoms with Crippen molar-refractivity contribution in [2.24, 2.45) is 17.6 Å². The minimum atomic E-state index is -0.923. The summed E-state index contributed by atoms with van der Waals surface area (Å²) in [7, 11) is 0. The lowest BCUT2D eigenvalue weighted by Crippen LogP contribution is -2.66. The van der Waals surface area contributed by atoms with Gasteiger partial charge in [0.25, 0.3) is 0 Å². The Morgan fingerprint density at radius 3 is 2.21 bits per heavy atom. The van der Waals surface area contributed by atoms with Crippen LogP contribution in [0, 0.1) is 11.8 Å². The molecule has 0 radical (unpaired) electrons. The van der Waals surface area contributed by atoms with Crippen LogP contribution in [0.5, 0.6) is 0 Å². The SMILES string of the molecule is CCCCCCCCCCC(=O)N[C@H]1C(CC)OCC(N)[C@H]1O[C@@H]1OC2COC(c3ccccc3)O[C@@H]2[C@H](C)C1C(=O)c1ccccc1. The highest BCUT2D eigenvalue weighted by Crippen LogP contribution is 2.42. The molecule has 2 aromatic rings. The molecule has 0 spiro atoms. The molecule has 3 N–H and O–H groups in total. The molecule has 1 amide bonds. The van der Waals surface area contributed by atoms with E-state index in [0.29, 0.717) is 18.4 Å². The van der Waals surface area contributed by atoms with Crippen LogP contribution in [-0.4, -0.2) is 67.7 Å². The Kier molecular flexibility index (Phi) is 14.0. The molecule has 9 heteroatoms. The van der Waals surface area contributed by atoms with Crippen LogP contribution in [-0.2, 0) is 28.5 Å². The normalized spacial score (nSPS) is 31.9. The Balaban J connectivity index is 1.30. The van der Waals surface area contributed by atoms with Crippen LogP contribution < -0.4 is 11.1 Å². The molecular weight excluding hydrogens is 608 g/mol. The number of hydrogen-bond donors (Lipinski definition) is 2. The lowest BCUT2D eigenvalue weighted by atomic mass is 9.78. The molecule has 10 atom stereocenters. The average Bonchev–Trinajstić information content (AvgIpc) is 3.11. The number of ether oxygens (including phenoxy) is 5. The predicted molar refractivity (Wildman–Crippen MR) is 184 cm³/mol. The summed E-state index contributed by atoms with van der Waals surface area (Å²) in [6.45, 7) is 6.85. The van der Waals surface area contributed by atoms with Crippen LogP contribution in [0.25, 0.3) is 0 Å². The largest absolute Gasteiger partial charge is 0.374 e. The number of hydrogen-bond acceptors (Lipinski definition) is 8. The first-order chi connectivity index (χ1) is 23.4. The van der Waals surface area contributed by atoms with Crippen molar-refractivity contribution in [2.75, 3.05) is 13.2 Å². The highest BCUT2D eigenvalue weighted by molar-refractivity contribution is 5.98. The Morgan fingerprint density at radius 2 is 1.52 bits per heavy atom. The Morgan fingerprint density at radius 1 is 0.854 bits per heavy atom. The first kappa shape index (κ1) is 36.6. The summed E-state index contributed by atoms with van der Waals surface area (Å²) in [6, 6.07) is 18.0. The number of carbonyl (C=O) groups is 2. The molecule has 0 aliphatic carbocycles. The average molecular weight is 665 g/mol. The summed E-state index contributed by atoms with van der Waals surface area (Å²) in [6.07, 6.45) is 7.23. The van der Waals surface area contributed by atoms with Crippen molar-refractivity contribution in [2.45, 2.75) is 134 Å². The minimum absolute atomic E-state index is 0.0355. The van der Waals surface area contributed by atoms with Crippen molar-refractivity contribution >= 4 is 11.7 Å². The van der Waals surface area contributed by atoms with Gasteiger partial charge in [-0.15, -0.1) is 0 Å². The lowest BCUT2D eigenvalue weighted by Gasteiger charge is -2.50. The topological polar surface area (TPSA) is 118 Å². The zero-order chi connectivity index (χ0) is 33.9. The van der Waals surface area contributed by atoms with Crippen LogP contribution >= 0.6 is 0 Å². The van der Waals surface area contributed by atoms with E-state index >= 15 is 0 Å². The summed E-state index contributed by atoms with van der Waals surface area (Å²) in [4.78, 5) is 27.5. The van der Waals surface area contributed by atoms with E-state index in [-0.39, 0.29) is 36.9 Å². The van der Waals surface area contributed by atoms with Gasteiger partial charge >= 0.3 is 0 Å². The quantitative estimate of drug-likeness (QED) is 0.154. The van der Waals surface area contributed by atoms with Crippen molar-refractivity contribution in [3.8, 4) is 0 Å². The molecule has 3 aliphatic rings. The maximum absolute atomic E-state index is 14.2. The van der Waals surface area contributed by atoms with Crippen molar-refractivity contribution in [3.63, 3.8) is 0 Å². The molecule has 0 bridgehead atoms. The van der Waals surface area contributed by atoms with Crippen LogP contribution in [0.1, 0.15) is 107 Å². The molecule has 0 aromatic heterocycles. The van der Waals surface area contributed by atoms with Gasteiger partial charge in [0, 0.05) is 23.5 Å². The number of amides is 1. The monoisotopic (exact) mass is 664 g/mol. The maximum Gasteiger partial charge on any atom is 0.220 e. The molecule has 9 nitrogen and oxygen atoms in total. The molecule has 3 heterocycles. The van der Waals surface area contributed by atoms with Crippen molar-refractivity contribution in [3.05, 3.63) is 71.8 Å². The molecule has 264 valence electrons. The summed E-state index contributed by atoms with van der Waals surface area (Å²) in [5.74, 6) is -1.05. The summed E-state index contributed by atoms with van der Waals surface area (Å²) >= 11 is 0. The first-order valence-electron chi connectivity index (χ1n) is 18.3. The second kappa shape index (κ2) is 18.4. The predicted octanol–water partition coefficient (Wildman–Crippen LogP) is 6.50. The third-order valence-corrected chi connectivity index (χ3v) is 10.1. The number of nitrogens with one attached hydrogen (secondary N) is 1. The Hall–Kier alpha value is -2.66. The van der Waals surface area contributed by atoms with E-state index in [1.165, 1.54) is 32.1 Å². The number of rotatable bonds is 16. The third kappa shape index (κ3) is 9.31. The van der Waals surface area contributed by atoms with Gasteiger partial charge in [-0.3, -0.25) is 9.59 Å². The smallest absolute Gasteiger partial charge is 0.220 e. The zero-order valence-electron chi connectivity index (χ0n) is 29.0. The molecule has 0 saturated carbocycles. The maximum atomic E-state index is 14.2. The number of carbonyl (C=O) groups excluding carboxylic acids is 2. The van der Waals surface area contributed by atoms with Gasteiger partial charge in [-0.05, 0) is 12.8 Å². The minimum Gasteiger partial charge on any atom is -0.374 e. The number of benzene rings is 2. The molecule has 2 aromatic carbocycles. The molecule has 3 fully saturated rings. The van der Waals surface area contributed by atoms with E-state index in [9.17, 15) is 9.59 Å². The molecule has 3 aliphatic heterocycles. The fourth-order valence-electron chi connectivity index (χ4n) is 7.37. The van der Waals surface area contributed by atoms with Gasteiger partial charge < -0.3 is 34.7 Å². The summed E-state index contributed by atoms with van der Waals surface area (Å²) in [5.41, 5.74) is 8.15. The highest BCUT2D eigenvalue weighted by atomic mass is 16.7. The van der Waals surface area contributed by atoms with E-state index in [2.05, 4.69) is 12.2 Å². The molecule has 5 unspecified atom stereocenters. The summed E-state index contributed by atoms with van der Waals surface area (Å²) in [5, 5.41) is 3.22. The van der Waals surface area contributed by atoms with Crippen molar-refractivity contribution in [1.82, 2.24) is 5.32 Å². The molecule has 5 rings (SSSR count). The van der Waals surface area contributed by atoms with E-state index in [1.807, 2.05) is 74.5 Å². The van der Waals surface area contributed by atoms with Gasteiger partial charge in [-0.25, -0.2) is 0 Å². The van der Waals surface area contributed by atoms with Gasteiger partial charge in [0.1, 0.15) is 12.2 Å². The van der Waals surface area contributed by atoms with Crippen LogP contribution in [0.4, 0.5) is 0 Å². The van der Waals surface area contributed by atoms with Crippen molar-refractivity contribution in [1.29, 1.82) is 0 Å². The lowest BCUT2D eigenvalue weighted by molar-refractivity contribution is -0.347. The first-order valence-corrected chi connectivity index (χ1v) is 18.3. The van der Waals surface area contributed by atoms with E-state index in [0.717, 1.165) is 24.8 Å². The fraction of sp³-hybridized carbons (Fsp3) is 0.641. The number of nitrogens with two attached hydrogens (primary N) is 1. The number of unbranched alkanes of at least 4 members (excludes halogenated alkanes) is 7. The van der Waals surface area contributed by atoms with E-state index in [1.54, 1.807) is 0 Å². The van der Waals surface area contributed by atoms with Gasteiger partial charge in [-0.1, -0.05) is 126 Å². The van der Waals surface area contributed by atoms with Gasteiger partial charge in [0.15, 0.2) is 18.4 Å². The van der Waals surface area contributed by atoms with Gasteiger partial charge in [0.05, 0.1) is 43.4 Å². The standard InChI is InChI=1S/C39H56N2O7/c1-4-6-7-8-9-10-11-18-23-32(42)41-34-30(5-2)44-24-29(40)37(34)48-39-33(35(43)27-19-14-12-15-20-27)26(3)36-31(46-39)25-45-38(47-36)28-21-16-13-17-22-28/h12-17,19-22,26,29-31,33-34,36-39H,4-11,18,23-25,40H2,1-3H3,(H,41,42)/t26-,29?,30?,31?,33?,34+,36-,37-,38?,39+/m1/s1. The Labute approximate surface area is 286 Å². The summed E-state index contributed by atoms with van der Waals surface area (Å²) < 4.78 is 32.1. The number of Topliss-reactive ketones (excluding diaryl/α,β-unsaturated/α-hetero) is 1. The molecular formula is C39H56N2O7. The third-order valence-electron chi connectivity index (χ3n) is 10.1. The highest BCUT2D eigenvalue weighted by Gasteiger charge is 2.53. The van der Waals surface area contributed by atoms with E-state index in [4.69, 9.17) is 29.4 Å². The molecule has 48 heavy (non-hydrogen) atoms. The Bertz CT molecular complexity index is 1260. The van der Waals surface area contributed by atoms with Crippen LogP contribution in [0.15, 0.2) is 60.7 Å². The zero-order valence-corrected chi connectivity index (χ0v) is 29.0. The van der Waals surface area contributed by atoms with Gasteiger partial charge in [-0.2, -0.15) is 0 Å². The fourth-order valence-corrected chi connectivity index (χ4v) is 7.37. The number of fused-ring (bicyclic) bond motifs is 1. The molecule has 3 saturated heterocycles. The van der Waals surface area contributed by atoms with Crippen LogP contribution in [0.3, 0.4) is 0 Å².